The molecule has 0 aromatic heterocycles. The van der Waals surface area contributed by atoms with Crippen molar-refractivity contribution in [3.63, 3.8) is 0 Å². The summed E-state index contributed by atoms with van der Waals surface area (Å²) in [4.78, 5) is 1.65. The standard InChI is InChI=1S/C16H26F2N2O/c1-5-20(6-7-21-4)16-14(17)8-13(9-15(16)18)11-19-10-12(2)3/h8-9,12,19H,5-7,10-11H2,1-4H3. The number of halogens is 2. The normalized spacial score (nSPS) is 11.2. The van der Waals surface area contributed by atoms with E-state index in [1.54, 1.807) is 12.0 Å². The van der Waals surface area contributed by atoms with Gasteiger partial charge in [0, 0.05) is 26.7 Å². The number of nitrogens with zero attached hydrogens (tertiary/aromatic N) is 1. The fraction of sp³-hybridized carbons (Fsp3) is 0.625. The number of ether oxygens (including phenoxy) is 1. The van der Waals surface area contributed by atoms with Gasteiger partial charge in [0.2, 0.25) is 0 Å². The van der Waals surface area contributed by atoms with Gasteiger partial charge < -0.3 is 15.0 Å². The predicted octanol–water partition coefficient (Wildman–Crippen LogP) is 3.18. The van der Waals surface area contributed by atoms with Gasteiger partial charge in [0.15, 0.2) is 0 Å². The molecule has 0 bridgehead atoms. The Labute approximate surface area is 126 Å². The molecule has 0 unspecified atom stereocenters. The third-order valence-electron chi connectivity index (χ3n) is 3.22. The smallest absolute Gasteiger partial charge is 0.149 e. The molecule has 0 amide bonds. The van der Waals surface area contributed by atoms with E-state index in [9.17, 15) is 8.78 Å². The first kappa shape index (κ1) is 17.9. The van der Waals surface area contributed by atoms with E-state index in [2.05, 4.69) is 19.2 Å². The molecular formula is C16H26F2N2O. The maximum absolute atomic E-state index is 14.2. The molecule has 0 spiro atoms. The first-order valence-corrected chi connectivity index (χ1v) is 7.42. The molecule has 0 radical (unpaired) electrons. The summed E-state index contributed by atoms with van der Waals surface area (Å²) < 4.78 is 33.4. The van der Waals surface area contributed by atoms with E-state index in [1.807, 2.05) is 6.92 Å². The van der Waals surface area contributed by atoms with Crippen LogP contribution in [0.2, 0.25) is 0 Å². The summed E-state index contributed by atoms with van der Waals surface area (Å²) in [5.74, 6) is -0.535. The van der Waals surface area contributed by atoms with Crippen LogP contribution >= 0.6 is 0 Å². The summed E-state index contributed by atoms with van der Waals surface area (Å²) in [5.41, 5.74) is 0.652. The Morgan fingerprint density at radius 1 is 1.24 bits per heavy atom. The number of rotatable bonds is 9. The molecule has 120 valence electrons. The van der Waals surface area contributed by atoms with Crippen molar-refractivity contribution in [2.24, 2.45) is 5.92 Å². The Balaban J connectivity index is 2.83. The Hall–Kier alpha value is -1.20. The van der Waals surface area contributed by atoms with Crippen molar-refractivity contribution in [1.82, 2.24) is 5.32 Å². The molecule has 0 heterocycles. The van der Waals surface area contributed by atoms with Gasteiger partial charge in [0.25, 0.3) is 0 Å². The molecular weight excluding hydrogens is 274 g/mol. The highest BCUT2D eigenvalue weighted by atomic mass is 19.1. The van der Waals surface area contributed by atoms with Crippen LogP contribution in [0.4, 0.5) is 14.5 Å². The van der Waals surface area contributed by atoms with E-state index in [-0.39, 0.29) is 5.69 Å². The van der Waals surface area contributed by atoms with Crippen molar-refractivity contribution in [3.8, 4) is 0 Å². The zero-order valence-corrected chi connectivity index (χ0v) is 13.4. The van der Waals surface area contributed by atoms with E-state index >= 15 is 0 Å². The van der Waals surface area contributed by atoms with Crippen LogP contribution in [0, 0.1) is 17.6 Å². The second-order valence-corrected chi connectivity index (χ2v) is 5.51. The van der Waals surface area contributed by atoms with Crippen molar-refractivity contribution < 1.29 is 13.5 Å². The fourth-order valence-electron chi connectivity index (χ4n) is 2.16. The number of methoxy groups -OCH3 is 1. The topological polar surface area (TPSA) is 24.5 Å². The van der Waals surface area contributed by atoms with Gasteiger partial charge in [0.05, 0.1) is 6.61 Å². The molecule has 1 N–H and O–H groups in total. The third-order valence-corrected chi connectivity index (χ3v) is 3.22. The van der Waals surface area contributed by atoms with Gasteiger partial charge in [-0.2, -0.15) is 0 Å². The fourth-order valence-corrected chi connectivity index (χ4v) is 2.16. The van der Waals surface area contributed by atoms with Crippen LogP contribution in [0.5, 0.6) is 0 Å². The van der Waals surface area contributed by atoms with Crippen molar-refractivity contribution >= 4 is 5.69 Å². The highest BCUT2D eigenvalue weighted by molar-refractivity contribution is 5.50. The van der Waals surface area contributed by atoms with Crippen LogP contribution in [0.25, 0.3) is 0 Å². The minimum absolute atomic E-state index is 0.0298. The first-order chi connectivity index (χ1) is 9.99. The Bertz CT molecular complexity index is 415. The quantitative estimate of drug-likeness (QED) is 0.758. The zero-order valence-electron chi connectivity index (χ0n) is 13.4. The highest BCUT2D eigenvalue weighted by Gasteiger charge is 2.16. The van der Waals surface area contributed by atoms with Gasteiger partial charge in [-0.3, -0.25) is 0 Å². The van der Waals surface area contributed by atoms with E-state index in [0.29, 0.717) is 37.7 Å². The van der Waals surface area contributed by atoms with E-state index < -0.39 is 11.6 Å². The van der Waals surface area contributed by atoms with Crippen LogP contribution in [-0.4, -0.2) is 33.4 Å². The molecule has 1 aromatic carbocycles. The van der Waals surface area contributed by atoms with Crippen LogP contribution in [0.1, 0.15) is 26.3 Å². The van der Waals surface area contributed by atoms with Crippen LogP contribution in [0.15, 0.2) is 12.1 Å². The lowest BCUT2D eigenvalue weighted by Gasteiger charge is -2.24. The molecule has 21 heavy (non-hydrogen) atoms. The van der Waals surface area contributed by atoms with Gasteiger partial charge in [-0.15, -0.1) is 0 Å². The molecule has 0 aliphatic heterocycles. The summed E-state index contributed by atoms with van der Waals surface area (Å²) in [7, 11) is 1.57. The third kappa shape index (κ3) is 5.59. The van der Waals surface area contributed by atoms with E-state index in [0.717, 1.165) is 6.54 Å². The van der Waals surface area contributed by atoms with Crippen molar-refractivity contribution in [2.45, 2.75) is 27.3 Å². The highest BCUT2D eigenvalue weighted by Crippen LogP contribution is 2.25. The Morgan fingerprint density at radius 2 is 1.86 bits per heavy atom. The van der Waals surface area contributed by atoms with Crippen molar-refractivity contribution in [1.29, 1.82) is 0 Å². The Morgan fingerprint density at radius 3 is 2.33 bits per heavy atom. The predicted molar refractivity (Wildman–Crippen MR) is 82.7 cm³/mol. The minimum atomic E-state index is -0.519. The second-order valence-electron chi connectivity index (χ2n) is 5.51. The first-order valence-electron chi connectivity index (χ1n) is 7.42. The molecule has 0 saturated heterocycles. The van der Waals surface area contributed by atoms with Crippen LogP contribution in [0.3, 0.4) is 0 Å². The number of hydrogen-bond donors (Lipinski definition) is 1. The molecule has 0 aliphatic rings. The number of anilines is 1. The molecule has 1 rings (SSSR count). The maximum Gasteiger partial charge on any atom is 0.149 e. The average molecular weight is 300 g/mol. The molecule has 0 fully saturated rings. The maximum atomic E-state index is 14.2. The van der Waals surface area contributed by atoms with Gasteiger partial charge in [-0.25, -0.2) is 8.78 Å². The van der Waals surface area contributed by atoms with E-state index in [1.165, 1.54) is 12.1 Å². The lowest BCUT2D eigenvalue weighted by molar-refractivity contribution is 0.205. The SMILES string of the molecule is CCN(CCOC)c1c(F)cc(CNCC(C)C)cc1F. The number of benzene rings is 1. The van der Waals surface area contributed by atoms with Gasteiger partial charge in [-0.05, 0) is 37.1 Å². The molecule has 3 nitrogen and oxygen atoms in total. The Kier molecular flexibility index (Phi) is 7.61. The summed E-state index contributed by atoms with van der Waals surface area (Å²) in [6.07, 6.45) is 0. The molecule has 0 saturated carbocycles. The number of likely N-dealkylation sites (N-methyl/N-ethyl adjacent to an activating group) is 1. The largest absolute Gasteiger partial charge is 0.383 e. The minimum Gasteiger partial charge on any atom is -0.383 e. The van der Waals surface area contributed by atoms with Crippen LogP contribution in [-0.2, 0) is 11.3 Å². The monoisotopic (exact) mass is 300 g/mol. The molecule has 1 aromatic rings. The van der Waals surface area contributed by atoms with Crippen molar-refractivity contribution in [3.05, 3.63) is 29.3 Å². The molecule has 5 heteroatoms. The van der Waals surface area contributed by atoms with E-state index in [4.69, 9.17) is 4.74 Å². The lowest BCUT2D eigenvalue weighted by Crippen LogP contribution is -2.29. The molecule has 0 atom stereocenters. The van der Waals surface area contributed by atoms with Gasteiger partial charge in [0.1, 0.15) is 17.3 Å². The van der Waals surface area contributed by atoms with Gasteiger partial charge >= 0.3 is 0 Å². The zero-order chi connectivity index (χ0) is 15.8. The lowest BCUT2D eigenvalue weighted by atomic mass is 10.1. The second kappa shape index (κ2) is 8.95. The summed E-state index contributed by atoms with van der Waals surface area (Å²) in [6, 6.07) is 2.81. The van der Waals surface area contributed by atoms with Crippen molar-refractivity contribution in [2.75, 3.05) is 38.3 Å². The number of nitrogens with one attached hydrogen (secondary N) is 1. The molecule has 0 aliphatic carbocycles. The summed E-state index contributed by atoms with van der Waals surface area (Å²) >= 11 is 0. The summed E-state index contributed by atoms with van der Waals surface area (Å²) in [5, 5.41) is 3.19. The average Bonchev–Trinajstić information content (AvgIpc) is 2.41. The summed E-state index contributed by atoms with van der Waals surface area (Å²) in [6.45, 7) is 8.76. The van der Waals surface area contributed by atoms with Gasteiger partial charge in [-0.1, -0.05) is 13.8 Å². The van der Waals surface area contributed by atoms with Crippen LogP contribution < -0.4 is 10.2 Å². The number of hydrogen-bond acceptors (Lipinski definition) is 3.